The summed E-state index contributed by atoms with van der Waals surface area (Å²) in [4.78, 5) is 30.6. The molecule has 4 N–H and O–H groups in total. The van der Waals surface area contributed by atoms with Crippen molar-refractivity contribution in [2.24, 2.45) is 5.73 Å². The van der Waals surface area contributed by atoms with E-state index < -0.39 is 10.6 Å². The summed E-state index contributed by atoms with van der Waals surface area (Å²) in [5.74, 6) is 0.479. The normalized spacial score (nSPS) is 8.26. The van der Waals surface area contributed by atoms with Gasteiger partial charge in [-0.25, -0.2) is 0 Å². The van der Waals surface area contributed by atoms with Gasteiger partial charge in [-0.05, 0) is 32.7 Å². The minimum Gasteiger partial charge on any atom is -0.356 e. The molecular weight excluding hydrogens is 422 g/mol. The highest BCUT2D eigenvalue weighted by atomic mass is 32.2. The second-order valence-electron chi connectivity index (χ2n) is 6.30. The van der Waals surface area contributed by atoms with E-state index in [4.69, 9.17) is 18.4 Å². The number of hydrogen-bond donors (Lipinski definition) is 3. The van der Waals surface area contributed by atoms with Crippen LogP contribution in [0.15, 0.2) is 0 Å². The van der Waals surface area contributed by atoms with Crippen LogP contribution in [-0.2, 0) is 25.0 Å². The maximum atomic E-state index is 10.6. The van der Waals surface area contributed by atoms with Crippen LogP contribution in [0.25, 0.3) is 0 Å². The molecule has 0 aromatic heterocycles. The van der Waals surface area contributed by atoms with Gasteiger partial charge in [0, 0.05) is 32.9 Å². The van der Waals surface area contributed by atoms with Crippen molar-refractivity contribution in [2.75, 3.05) is 19.6 Å². The standard InChI is InChI=1S/C7H15NO.C6H13NO.C4H11N.C4H8O.O3S/c1-3-5-6-8-7(9)4-2;1-3-4-5-7-6(2)8;1-2-3-4-5;1-3-4(2)5;1-4(2)3/h3-6H2,1-2H3,(H,8,9);3-5H2,1-2H3,(H,7,8);2-5H2,1H3;3H2,1-2H3;. The molecule has 0 aromatic carbocycles. The van der Waals surface area contributed by atoms with Crippen LogP contribution in [0.4, 0.5) is 0 Å². The third kappa shape index (κ3) is 96.0. The summed E-state index contributed by atoms with van der Waals surface area (Å²) in [7, 11) is -3.11. The molecule has 0 saturated heterocycles. The molecule has 0 radical (unpaired) electrons. The van der Waals surface area contributed by atoms with Crippen molar-refractivity contribution in [3.8, 4) is 0 Å². The van der Waals surface area contributed by atoms with Crippen molar-refractivity contribution in [1.29, 1.82) is 0 Å². The molecule has 0 spiro atoms. The fourth-order valence-corrected chi connectivity index (χ4v) is 1.17. The van der Waals surface area contributed by atoms with Gasteiger partial charge in [-0.1, -0.05) is 53.9 Å². The molecule has 10 heteroatoms. The Balaban J connectivity index is -0.0000000942. The first-order valence-electron chi connectivity index (χ1n) is 11.0. The largest absolute Gasteiger partial charge is 0.425 e. The molecule has 0 fully saturated rings. The van der Waals surface area contributed by atoms with Gasteiger partial charge in [0.1, 0.15) is 5.78 Å². The fraction of sp³-hybridized carbons (Fsp3) is 0.857. The molecule has 2 amide bonds. The van der Waals surface area contributed by atoms with E-state index in [9.17, 15) is 14.4 Å². The lowest BCUT2D eigenvalue weighted by Gasteiger charge is -1.99. The summed E-state index contributed by atoms with van der Waals surface area (Å²) in [5.41, 5.74) is 5.14. The second kappa shape index (κ2) is 38.8. The highest BCUT2D eigenvalue weighted by Gasteiger charge is 1.92. The molecule has 0 rings (SSSR count). The second-order valence-corrected chi connectivity index (χ2v) is 6.70. The minimum absolute atomic E-state index is 0.0680. The first kappa shape index (κ1) is 39.6. The first-order valence-corrected chi connectivity index (χ1v) is 12.0. The maximum Gasteiger partial charge on any atom is 0.425 e. The highest BCUT2D eigenvalue weighted by molar-refractivity contribution is 7.59. The lowest BCUT2D eigenvalue weighted by Crippen LogP contribution is -2.22. The van der Waals surface area contributed by atoms with Crippen LogP contribution in [0.3, 0.4) is 0 Å². The predicted octanol–water partition coefficient (Wildman–Crippen LogP) is 2.96. The minimum atomic E-state index is -3.11. The van der Waals surface area contributed by atoms with Crippen LogP contribution in [0.2, 0.25) is 0 Å². The number of rotatable bonds is 10. The molecule has 0 aliphatic rings. The van der Waals surface area contributed by atoms with E-state index >= 15 is 0 Å². The number of carbonyl (C=O) groups excluding carboxylic acids is 3. The Hall–Kier alpha value is -1.81. The average molecular weight is 470 g/mol. The van der Waals surface area contributed by atoms with E-state index in [1.807, 2.05) is 13.8 Å². The third-order valence-corrected chi connectivity index (χ3v) is 3.13. The number of ketones is 1. The van der Waals surface area contributed by atoms with Gasteiger partial charge in [0.25, 0.3) is 0 Å². The van der Waals surface area contributed by atoms with E-state index in [0.29, 0.717) is 12.8 Å². The summed E-state index contributed by atoms with van der Waals surface area (Å²) in [5, 5.41) is 5.50. The van der Waals surface area contributed by atoms with Crippen molar-refractivity contribution < 1.29 is 27.0 Å². The number of amides is 2. The maximum absolute atomic E-state index is 10.6. The molecule has 0 aliphatic carbocycles. The van der Waals surface area contributed by atoms with Crippen LogP contribution < -0.4 is 16.4 Å². The van der Waals surface area contributed by atoms with Gasteiger partial charge in [0.2, 0.25) is 11.8 Å². The number of nitrogens with two attached hydrogens (primary N) is 1. The van der Waals surface area contributed by atoms with Gasteiger partial charge in [-0.3, -0.25) is 9.59 Å². The van der Waals surface area contributed by atoms with Crippen molar-refractivity contribution in [3.05, 3.63) is 0 Å². The average Bonchev–Trinajstić information content (AvgIpc) is 2.69. The summed E-state index contributed by atoms with van der Waals surface area (Å²) in [6.45, 7) is 15.7. The molecule has 0 aromatic rings. The van der Waals surface area contributed by atoms with Crippen molar-refractivity contribution in [2.45, 2.75) is 99.8 Å². The van der Waals surface area contributed by atoms with Crippen LogP contribution in [0.5, 0.6) is 0 Å². The third-order valence-electron chi connectivity index (χ3n) is 3.13. The monoisotopic (exact) mass is 469 g/mol. The van der Waals surface area contributed by atoms with Crippen molar-refractivity contribution in [3.63, 3.8) is 0 Å². The van der Waals surface area contributed by atoms with Crippen LogP contribution in [0, 0.1) is 0 Å². The molecule has 0 atom stereocenters. The van der Waals surface area contributed by atoms with Crippen LogP contribution >= 0.6 is 0 Å². The Morgan fingerprint density at radius 3 is 1.26 bits per heavy atom. The predicted molar refractivity (Wildman–Crippen MR) is 126 cm³/mol. The van der Waals surface area contributed by atoms with E-state index in [0.717, 1.165) is 45.3 Å². The number of carbonyl (C=O) groups is 3. The molecule has 0 aliphatic heterocycles. The van der Waals surface area contributed by atoms with E-state index in [1.54, 1.807) is 6.92 Å². The molecule has 9 nitrogen and oxygen atoms in total. The van der Waals surface area contributed by atoms with Gasteiger partial charge >= 0.3 is 10.6 Å². The molecule has 188 valence electrons. The first-order chi connectivity index (χ1) is 14.5. The zero-order chi connectivity index (χ0) is 25.5. The zero-order valence-electron chi connectivity index (χ0n) is 20.7. The number of unbranched alkanes of at least 4 members (excludes halogenated alkanes) is 3. The highest BCUT2D eigenvalue weighted by Crippen LogP contribution is 1.83. The summed E-state index contributed by atoms with van der Waals surface area (Å²) < 4.78 is 25.3. The van der Waals surface area contributed by atoms with E-state index in [2.05, 4.69) is 31.4 Å². The van der Waals surface area contributed by atoms with Gasteiger partial charge in [-0.15, -0.1) is 12.6 Å². The van der Waals surface area contributed by atoms with Gasteiger partial charge in [0.05, 0.1) is 0 Å². The zero-order valence-corrected chi connectivity index (χ0v) is 21.5. The summed E-state index contributed by atoms with van der Waals surface area (Å²) in [6.07, 6.45) is 8.11. The number of nitrogens with one attached hydrogen (secondary N) is 2. The fourth-order valence-electron chi connectivity index (χ4n) is 1.17. The Bertz CT molecular complexity index is 487. The molecule has 0 saturated carbocycles. The van der Waals surface area contributed by atoms with E-state index in [-0.39, 0.29) is 17.6 Å². The lowest BCUT2D eigenvalue weighted by atomic mass is 10.3. The van der Waals surface area contributed by atoms with Gasteiger partial charge in [-0.2, -0.15) is 0 Å². The molecule has 31 heavy (non-hydrogen) atoms. The van der Waals surface area contributed by atoms with E-state index in [1.165, 1.54) is 19.8 Å². The molecule has 0 bridgehead atoms. The quantitative estimate of drug-likeness (QED) is 0.416. The number of Topliss-reactive ketones (excluding diaryl/α,β-unsaturated/α-hetero) is 1. The Morgan fingerprint density at radius 1 is 0.710 bits per heavy atom. The summed E-state index contributed by atoms with van der Waals surface area (Å²) >= 11 is 0. The van der Waals surface area contributed by atoms with Crippen molar-refractivity contribution >= 4 is 28.2 Å². The Kier molecular flexibility index (Phi) is 49.6. The van der Waals surface area contributed by atoms with Gasteiger partial charge in [0.15, 0.2) is 0 Å². The molecule has 0 unspecified atom stereocenters. The van der Waals surface area contributed by atoms with Crippen LogP contribution in [0.1, 0.15) is 99.8 Å². The molecule has 0 heterocycles. The SMILES string of the molecule is CCC(C)=O.CCCCN.CCCCNC(=O)CC.CCCCNC(C)=O.O=S(=O)=O. The van der Waals surface area contributed by atoms with Crippen molar-refractivity contribution in [1.82, 2.24) is 10.6 Å². The Morgan fingerprint density at radius 2 is 1.06 bits per heavy atom. The van der Waals surface area contributed by atoms with Crippen LogP contribution in [-0.4, -0.2) is 49.9 Å². The van der Waals surface area contributed by atoms with Gasteiger partial charge < -0.3 is 21.2 Å². The lowest BCUT2D eigenvalue weighted by molar-refractivity contribution is -0.121. The molecular formula is C21H47N3O6S. The smallest absolute Gasteiger partial charge is 0.356 e. The summed E-state index contributed by atoms with van der Waals surface area (Å²) in [6, 6.07) is 0. The topological polar surface area (TPSA) is 152 Å². The number of hydrogen-bond acceptors (Lipinski definition) is 7. The Labute approximate surface area is 191 Å².